The van der Waals surface area contributed by atoms with E-state index in [-0.39, 0.29) is 11.6 Å². The molecular weight excluding hydrogens is 248 g/mol. The van der Waals surface area contributed by atoms with Gasteiger partial charge in [-0.05, 0) is 63.1 Å². The van der Waals surface area contributed by atoms with Gasteiger partial charge in [-0.2, -0.15) is 0 Å². The minimum Gasteiger partial charge on any atom is -0.375 e. The Balaban J connectivity index is 1.77. The standard InChI is InChI=1S/C17H26N2O/c1-12-9-15(10-13(2)19-12)16(18)14-5-8-20-17(11-14)6-3-4-7-17/h9-10,14,16H,3-8,11,18H2,1-2H3. The van der Waals surface area contributed by atoms with E-state index in [9.17, 15) is 0 Å². The van der Waals surface area contributed by atoms with Crippen molar-refractivity contribution in [3.8, 4) is 0 Å². The average molecular weight is 274 g/mol. The van der Waals surface area contributed by atoms with Gasteiger partial charge < -0.3 is 10.5 Å². The van der Waals surface area contributed by atoms with Crippen molar-refractivity contribution in [3.05, 3.63) is 29.1 Å². The number of pyridine rings is 1. The number of hydrogen-bond acceptors (Lipinski definition) is 3. The van der Waals surface area contributed by atoms with E-state index in [2.05, 4.69) is 17.1 Å². The first-order valence-corrected chi connectivity index (χ1v) is 7.93. The van der Waals surface area contributed by atoms with Crippen LogP contribution in [0.3, 0.4) is 0 Å². The van der Waals surface area contributed by atoms with Gasteiger partial charge in [-0.25, -0.2) is 0 Å². The second-order valence-corrected chi connectivity index (χ2v) is 6.70. The summed E-state index contributed by atoms with van der Waals surface area (Å²) in [6.45, 7) is 4.97. The van der Waals surface area contributed by atoms with Gasteiger partial charge in [0.25, 0.3) is 0 Å². The summed E-state index contributed by atoms with van der Waals surface area (Å²) in [7, 11) is 0. The quantitative estimate of drug-likeness (QED) is 0.898. The van der Waals surface area contributed by atoms with Crippen molar-refractivity contribution in [2.75, 3.05) is 6.61 Å². The molecule has 2 fully saturated rings. The molecule has 2 heterocycles. The summed E-state index contributed by atoms with van der Waals surface area (Å²) in [5, 5.41) is 0. The summed E-state index contributed by atoms with van der Waals surface area (Å²) in [5.41, 5.74) is 10.1. The molecule has 2 unspecified atom stereocenters. The summed E-state index contributed by atoms with van der Waals surface area (Å²) in [6, 6.07) is 4.42. The topological polar surface area (TPSA) is 48.1 Å². The second kappa shape index (κ2) is 5.45. The number of aryl methyl sites for hydroxylation is 2. The third-order valence-corrected chi connectivity index (χ3v) is 5.04. The Bertz CT molecular complexity index is 460. The molecule has 2 N–H and O–H groups in total. The van der Waals surface area contributed by atoms with Gasteiger partial charge in [-0.1, -0.05) is 12.8 Å². The summed E-state index contributed by atoms with van der Waals surface area (Å²) in [6.07, 6.45) is 7.30. The van der Waals surface area contributed by atoms with Crippen molar-refractivity contribution in [1.82, 2.24) is 4.98 Å². The van der Waals surface area contributed by atoms with Crippen LogP contribution in [0.25, 0.3) is 0 Å². The third kappa shape index (κ3) is 2.75. The fraction of sp³-hybridized carbons (Fsp3) is 0.706. The molecule has 0 amide bonds. The molecule has 0 aromatic carbocycles. The average Bonchev–Trinajstić information content (AvgIpc) is 2.85. The predicted octanol–water partition coefficient (Wildman–Crippen LogP) is 3.44. The van der Waals surface area contributed by atoms with Gasteiger partial charge in [-0.15, -0.1) is 0 Å². The van der Waals surface area contributed by atoms with Crippen molar-refractivity contribution in [3.63, 3.8) is 0 Å². The van der Waals surface area contributed by atoms with Gasteiger partial charge in [0, 0.05) is 24.0 Å². The first kappa shape index (κ1) is 14.0. The minimum atomic E-state index is 0.122. The van der Waals surface area contributed by atoms with Crippen LogP contribution in [-0.2, 0) is 4.74 Å². The number of aromatic nitrogens is 1. The molecule has 110 valence electrons. The number of hydrogen-bond donors (Lipinski definition) is 1. The minimum absolute atomic E-state index is 0.122. The zero-order chi connectivity index (χ0) is 14.2. The van der Waals surface area contributed by atoms with E-state index < -0.39 is 0 Å². The van der Waals surface area contributed by atoms with Gasteiger partial charge in [0.1, 0.15) is 0 Å². The molecule has 1 aromatic rings. The first-order valence-electron chi connectivity index (χ1n) is 7.93. The smallest absolute Gasteiger partial charge is 0.0685 e. The van der Waals surface area contributed by atoms with Crippen LogP contribution in [-0.4, -0.2) is 17.2 Å². The van der Waals surface area contributed by atoms with Crippen LogP contribution >= 0.6 is 0 Å². The molecule has 1 spiro atoms. The van der Waals surface area contributed by atoms with Crippen molar-refractivity contribution < 1.29 is 4.74 Å². The lowest BCUT2D eigenvalue weighted by atomic mass is 9.79. The van der Waals surface area contributed by atoms with Crippen LogP contribution in [0.4, 0.5) is 0 Å². The van der Waals surface area contributed by atoms with E-state index in [4.69, 9.17) is 10.5 Å². The maximum atomic E-state index is 6.58. The van der Waals surface area contributed by atoms with Gasteiger partial charge in [-0.3, -0.25) is 4.98 Å². The van der Waals surface area contributed by atoms with Crippen molar-refractivity contribution in [2.24, 2.45) is 11.7 Å². The van der Waals surface area contributed by atoms with Crippen LogP contribution in [0.15, 0.2) is 12.1 Å². The molecule has 20 heavy (non-hydrogen) atoms. The highest BCUT2D eigenvalue weighted by Crippen LogP contribution is 2.44. The maximum absolute atomic E-state index is 6.58. The highest BCUT2D eigenvalue weighted by Gasteiger charge is 2.41. The third-order valence-electron chi connectivity index (χ3n) is 5.04. The van der Waals surface area contributed by atoms with Crippen LogP contribution < -0.4 is 5.73 Å². The Morgan fingerprint density at radius 1 is 1.25 bits per heavy atom. The fourth-order valence-electron chi connectivity index (χ4n) is 4.07. The molecule has 3 nitrogen and oxygen atoms in total. The lowest BCUT2D eigenvalue weighted by molar-refractivity contribution is -0.0963. The molecule has 3 heteroatoms. The molecule has 2 aliphatic rings. The van der Waals surface area contributed by atoms with E-state index in [1.54, 1.807) is 0 Å². The number of rotatable bonds is 2. The molecule has 0 bridgehead atoms. The van der Waals surface area contributed by atoms with Crippen LogP contribution in [0.1, 0.15) is 61.5 Å². The zero-order valence-electron chi connectivity index (χ0n) is 12.7. The zero-order valence-corrected chi connectivity index (χ0v) is 12.7. The predicted molar refractivity (Wildman–Crippen MR) is 80.5 cm³/mol. The van der Waals surface area contributed by atoms with Crippen molar-refractivity contribution >= 4 is 0 Å². The monoisotopic (exact) mass is 274 g/mol. The van der Waals surface area contributed by atoms with E-state index >= 15 is 0 Å². The number of ether oxygens (including phenoxy) is 1. The van der Waals surface area contributed by atoms with E-state index in [1.807, 2.05) is 13.8 Å². The van der Waals surface area contributed by atoms with Gasteiger partial charge in [0.15, 0.2) is 0 Å². The van der Waals surface area contributed by atoms with Crippen molar-refractivity contribution in [2.45, 2.75) is 64.0 Å². The number of nitrogens with two attached hydrogens (primary N) is 1. The van der Waals surface area contributed by atoms with Gasteiger partial charge in [0.2, 0.25) is 0 Å². The Morgan fingerprint density at radius 2 is 1.90 bits per heavy atom. The van der Waals surface area contributed by atoms with E-state index in [1.165, 1.54) is 31.2 Å². The lowest BCUT2D eigenvalue weighted by Gasteiger charge is -2.40. The SMILES string of the molecule is Cc1cc(C(N)C2CCOC3(CCCC3)C2)cc(C)n1. The molecular formula is C17H26N2O. The summed E-state index contributed by atoms with van der Waals surface area (Å²) < 4.78 is 6.12. The molecule has 1 aromatic heterocycles. The highest BCUT2D eigenvalue weighted by atomic mass is 16.5. The molecule has 1 saturated carbocycles. The molecule has 2 atom stereocenters. The van der Waals surface area contributed by atoms with Crippen LogP contribution in [0, 0.1) is 19.8 Å². The van der Waals surface area contributed by atoms with Gasteiger partial charge in [0.05, 0.1) is 5.60 Å². The Kier molecular flexibility index (Phi) is 3.83. The van der Waals surface area contributed by atoms with E-state index in [0.717, 1.165) is 30.8 Å². The Hall–Kier alpha value is -0.930. The molecule has 1 aliphatic heterocycles. The summed E-state index contributed by atoms with van der Waals surface area (Å²) >= 11 is 0. The molecule has 1 saturated heterocycles. The summed E-state index contributed by atoms with van der Waals surface area (Å²) in [4.78, 5) is 4.45. The Labute approximate surface area is 121 Å². The molecule has 0 radical (unpaired) electrons. The van der Waals surface area contributed by atoms with Crippen molar-refractivity contribution in [1.29, 1.82) is 0 Å². The second-order valence-electron chi connectivity index (χ2n) is 6.70. The van der Waals surface area contributed by atoms with Crippen LogP contribution in [0.5, 0.6) is 0 Å². The van der Waals surface area contributed by atoms with Crippen LogP contribution in [0.2, 0.25) is 0 Å². The number of nitrogens with zero attached hydrogens (tertiary/aromatic N) is 1. The first-order chi connectivity index (χ1) is 9.58. The van der Waals surface area contributed by atoms with E-state index in [0.29, 0.717) is 5.92 Å². The summed E-state index contributed by atoms with van der Waals surface area (Å²) in [5.74, 6) is 0.544. The highest BCUT2D eigenvalue weighted by molar-refractivity contribution is 5.24. The largest absolute Gasteiger partial charge is 0.375 e. The molecule has 3 rings (SSSR count). The molecule has 1 aliphatic carbocycles. The van der Waals surface area contributed by atoms with Gasteiger partial charge >= 0.3 is 0 Å². The maximum Gasteiger partial charge on any atom is 0.0685 e. The fourth-order valence-corrected chi connectivity index (χ4v) is 4.07. The normalized spacial score (nSPS) is 26.9. The lowest BCUT2D eigenvalue weighted by Crippen LogP contribution is -2.40. The Morgan fingerprint density at radius 3 is 2.55 bits per heavy atom.